The molecular formula is C16H14Cl2N4O2. The molecule has 1 amide bonds. The van der Waals surface area contributed by atoms with Gasteiger partial charge in [-0.3, -0.25) is 9.48 Å². The highest BCUT2D eigenvalue weighted by atomic mass is 35.5. The molecule has 2 aromatic heterocycles. The number of nitrogens with zero attached hydrogens (tertiary/aromatic N) is 3. The van der Waals surface area contributed by atoms with Gasteiger partial charge < -0.3 is 9.84 Å². The number of benzene rings is 1. The second kappa shape index (κ2) is 7.07. The van der Waals surface area contributed by atoms with E-state index in [0.29, 0.717) is 27.9 Å². The zero-order valence-corrected chi connectivity index (χ0v) is 14.3. The van der Waals surface area contributed by atoms with Gasteiger partial charge in [0.1, 0.15) is 0 Å². The summed E-state index contributed by atoms with van der Waals surface area (Å²) in [6, 6.07) is 8.39. The Labute approximate surface area is 148 Å². The van der Waals surface area contributed by atoms with Crippen LogP contribution in [0.5, 0.6) is 0 Å². The number of hydrogen-bond donors (Lipinski definition) is 1. The summed E-state index contributed by atoms with van der Waals surface area (Å²) in [7, 11) is 0. The Hall–Kier alpha value is -2.31. The minimum atomic E-state index is -0.346. The third-order valence-corrected chi connectivity index (χ3v) is 3.94. The van der Waals surface area contributed by atoms with Crippen molar-refractivity contribution in [3.8, 4) is 11.3 Å². The predicted molar refractivity (Wildman–Crippen MR) is 91.0 cm³/mol. The van der Waals surface area contributed by atoms with Gasteiger partial charge >= 0.3 is 0 Å². The minimum Gasteiger partial charge on any atom is -0.355 e. The van der Waals surface area contributed by atoms with Crippen LogP contribution in [0, 0.1) is 0 Å². The lowest BCUT2D eigenvalue weighted by atomic mass is 10.1. The van der Waals surface area contributed by atoms with E-state index in [1.165, 1.54) is 6.07 Å². The summed E-state index contributed by atoms with van der Waals surface area (Å²) >= 11 is 12.0. The molecule has 0 bridgehead atoms. The summed E-state index contributed by atoms with van der Waals surface area (Å²) in [4.78, 5) is 12.2. The minimum absolute atomic E-state index is 0.172. The standard InChI is InChI=1S/C16H14Cl2N4O2/c1-2-22-6-5-11(20-22)9-19-16(23)14-8-15(24-21-14)12-4-3-10(17)7-13(12)18/h3-8H,2,9H2,1H3,(H,19,23). The number of carbonyl (C=O) groups is 1. The molecule has 0 saturated heterocycles. The highest BCUT2D eigenvalue weighted by Crippen LogP contribution is 2.30. The van der Waals surface area contributed by atoms with Crippen LogP contribution in [0.25, 0.3) is 11.3 Å². The monoisotopic (exact) mass is 364 g/mol. The SMILES string of the molecule is CCn1ccc(CNC(=O)c2cc(-c3ccc(Cl)cc3Cl)on2)n1. The molecule has 0 spiro atoms. The van der Waals surface area contributed by atoms with Gasteiger partial charge in [0, 0.05) is 29.4 Å². The van der Waals surface area contributed by atoms with Gasteiger partial charge in [0.2, 0.25) is 0 Å². The van der Waals surface area contributed by atoms with Gasteiger partial charge in [-0.15, -0.1) is 0 Å². The molecule has 24 heavy (non-hydrogen) atoms. The van der Waals surface area contributed by atoms with Crippen molar-refractivity contribution in [3.05, 3.63) is 58.0 Å². The number of carbonyl (C=O) groups excluding carboxylic acids is 1. The number of amides is 1. The molecule has 0 aliphatic rings. The number of halogens is 2. The number of aromatic nitrogens is 3. The number of aryl methyl sites for hydroxylation is 1. The van der Waals surface area contributed by atoms with Gasteiger partial charge in [-0.2, -0.15) is 5.10 Å². The van der Waals surface area contributed by atoms with Crippen molar-refractivity contribution in [1.29, 1.82) is 0 Å². The summed E-state index contributed by atoms with van der Waals surface area (Å²) in [5, 5.41) is 11.8. The molecule has 0 saturated carbocycles. The van der Waals surface area contributed by atoms with Gasteiger partial charge in [0.05, 0.1) is 17.3 Å². The fourth-order valence-electron chi connectivity index (χ4n) is 2.13. The fraction of sp³-hybridized carbons (Fsp3) is 0.188. The molecule has 1 N–H and O–H groups in total. The summed E-state index contributed by atoms with van der Waals surface area (Å²) in [5.74, 6) is 0.0539. The van der Waals surface area contributed by atoms with Crippen LogP contribution in [0.15, 0.2) is 41.1 Å². The average Bonchev–Trinajstić information content (AvgIpc) is 3.22. The molecule has 0 unspecified atom stereocenters. The normalized spacial score (nSPS) is 10.8. The highest BCUT2D eigenvalue weighted by Gasteiger charge is 2.15. The second-order valence-electron chi connectivity index (χ2n) is 5.05. The Morgan fingerprint density at radius 1 is 1.29 bits per heavy atom. The molecule has 3 aromatic rings. The fourth-order valence-corrected chi connectivity index (χ4v) is 2.64. The number of nitrogens with one attached hydrogen (secondary N) is 1. The summed E-state index contributed by atoms with van der Waals surface area (Å²) in [6.45, 7) is 3.09. The van der Waals surface area contributed by atoms with Crippen LogP contribution in [-0.2, 0) is 13.1 Å². The molecule has 2 heterocycles. The van der Waals surface area contributed by atoms with E-state index in [9.17, 15) is 4.79 Å². The van der Waals surface area contributed by atoms with Crippen molar-refractivity contribution in [1.82, 2.24) is 20.3 Å². The van der Waals surface area contributed by atoms with E-state index in [2.05, 4.69) is 15.6 Å². The second-order valence-corrected chi connectivity index (χ2v) is 5.89. The zero-order chi connectivity index (χ0) is 17.1. The van der Waals surface area contributed by atoms with Gasteiger partial charge in [-0.1, -0.05) is 28.4 Å². The maximum absolute atomic E-state index is 12.2. The van der Waals surface area contributed by atoms with E-state index in [1.54, 1.807) is 22.9 Å². The maximum Gasteiger partial charge on any atom is 0.273 e. The first kappa shape index (κ1) is 16.5. The Morgan fingerprint density at radius 3 is 2.83 bits per heavy atom. The van der Waals surface area contributed by atoms with Crippen LogP contribution >= 0.6 is 23.2 Å². The Morgan fingerprint density at radius 2 is 2.12 bits per heavy atom. The third kappa shape index (κ3) is 3.60. The van der Waals surface area contributed by atoms with Gasteiger partial charge in [0.25, 0.3) is 5.91 Å². The third-order valence-electron chi connectivity index (χ3n) is 3.39. The van der Waals surface area contributed by atoms with Crippen LogP contribution in [0.3, 0.4) is 0 Å². The van der Waals surface area contributed by atoms with E-state index in [0.717, 1.165) is 12.2 Å². The van der Waals surface area contributed by atoms with Crippen molar-refractivity contribution in [2.75, 3.05) is 0 Å². The quantitative estimate of drug-likeness (QED) is 0.747. The topological polar surface area (TPSA) is 73.0 Å². The van der Waals surface area contributed by atoms with E-state index in [4.69, 9.17) is 27.7 Å². The largest absolute Gasteiger partial charge is 0.355 e. The Kier molecular flexibility index (Phi) is 4.87. The highest BCUT2D eigenvalue weighted by molar-refractivity contribution is 6.36. The Balaban J connectivity index is 1.69. The van der Waals surface area contributed by atoms with Crippen molar-refractivity contribution < 1.29 is 9.32 Å². The first-order valence-corrected chi connectivity index (χ1v) is 8.05. The lowest BCUT2D eigenvalue weighted by molar-refractivity contribution is 0.0941. The number of hydrogen-bond acceptors (Lipinski definition) is 4. The summed E-state index contributed by atoms with van der Waals surface area (Å²) in [5.41, 5.74) is 1.56. The summed E-state index contributed by atoms with van der Waals surface area (Å²) in [6.07, 6.45) is 1.86. The van der Waals surface area contributed by atoms with Crippen LogP contribution in [0.4, 0.5) is 0 Å². The molecule has 0 atom stereocenters. The maximum atomic E-state index is 12.2. The first-order chi connectivity index (χ1) is 11.6. The predicted octanol–water partition coefficient (Wildman–Crippen LogP) is 3.79. The molecule has 0 radical (unpaired) electrons. The van der Waals surface area contributed by atoms with E-state index >= 15 is 0 Å². The first-order valence-electron chi connectivity index (χ1n) is 7.29. The molecule has 0 aliphatic carbocycles. The molecule has 0 fully saturated rings. The van der Waals surface area contributed by atoms with Crippen molar-refractivity contribution in [2.45, 2.75) is 20.0 Å². The van der Waals surface area contributed by atoms with E-state index < -0.39 is 0 Å². The molecular weight excluding hydrogens is 351 g/mol. The van der Waals surface area contributed by atoms with E-state index in [-0.39, 0.29) is 11.6 Å². The Bertz CT molecular complexity index is 873. The van der Waals surface area contributed by atoms with Crippen molar-refractivity contribution in [3.63, 3.8) is 0 Å². The molecule has 3 rings (SSSR count). The summed E-state index contributed by atoms with van der Waals surface area (Å²) < 4.78 is 7.00. The smallest absolute Gasteiger partial charge is 0.273 e. The van der Waals surface area contributed by atoms with E-state index in [1.807, 2.05) is 19.2 Å². The van der Waals surface area contributed by atoms with Crippen LogP contribution in [0.2, 0.25) is 10.0 Å². The lowest BCUT2D eigenvalue weighted by Gasteiger charge is -2.00. The molecule has 124 valence electrons. The molecule has 1 aromatic carbocycles. The molecule has 6 nitrogen and oxygen atoms in total. The average molecular weight is 365 g/mol. The van der Waals surface area contributed by atoms with Crippen molar-refractivity contribution in [2.24, 2.45) is 0 Å². The van der Waals surface area contributed by atoms with Crippen LogP contribution < -0.4 is 5.32 Å². The molecule has 0 aliphatic heterocycles. The van der Waals surface area contributed by atoms with Crippen LogP contribution in [0.1, 0.15) is 23.1 Å². The zero-order valence-electron chi connectivity index (χ0n) is 12.8. The van der Waals surface area contributed by atoms with Crippen molar-refractivity contribution >= 4 is 29.1 Å². The van der Waals surface area contributed by atoms with Gasteiger partial charge in [0.15, 0.2) is 11.5 Å². The lowest BCUT2D eigenvalue weighted by Crippen LogP contribution is -2.23. The molecule has 8 heteroatoms. The number of rotatable bonds is 5. The van der Waals surface area contributed by atoms with Gasteiger partial charge in [-0.05, 0) is 31.2 Å². The van der Waals surface area contributed by atoms with Crippen LogP contribution in [-0.4, -0.2) is 20.8 Å². The van der Waals surface area contributed by atoms with Gasteiger partial charge in [-0.25, -0.2) is 0 Å².